The van der Waals surface area contributed by atoms with Gasteiger partial charge in [0.2, 0.25) is 0 Å². The lowest BCUT2D eigenvalue weighted by molar-refractivity contribution is -0.219. The smallest absolute Gasteiger partial charge is 0.300 e. The van der Waals surface area contributed by atoms with E-state index in [-0.39, 0.29) is 18.1 Å². The minimum Gasteiger partial charge on any atom is -0.481 e. The molecule has 4 rings (SSSR count). The predicted molar refractivity (Wildman–Crippen MR) is 113 cm³/mol. The molecule has 0 amide bonds. The third-order valence-electron chi connectivity index (χ3n) is 8.79. The number of carboxylic acids is 1. The van der Waals surface area contributed by atoms with Crippen LogP contribution >= 0.6 is 0 Å². The summed E-state index contributed by atoms with van der Waals surface area (Å²) >= 11 is 0. The molecule has 4 aliphatic rings. The van der Waals surface area contributed by atoms with Crippen molar-refractivity contribution in [3.05, 3.63) is 23.8 Å². The number of halogens is 1. The van der Waals surface area contributed by atoms with E-state index in [9.17, 15) is 24.9 Å². The van der Waals surface area contributed by atoms with Crippen molar-refractivity contribution in [1.29, 1.82) is 0 Å². The summed E-state index contributed by atoms with van der Waals surface area (Å²) in [5, 5.41) is 39.4. The third kappa shape index (κ3) is 3.06. The Morgan fingerprint density at radius 3 is 2.41 bits per heavy atom. The number of aliphatic carboxylic acids is 1. The van der Waals surface area contributed by atoms with Crippen LogP contribution in [0.1, 0.15) is 53.4 Å². The minimum atomic E-state index is -1.98. The molecule has 0 heterocycles. The van der Waals surface area contributed by atoms with Crippen molar-refractivity contribution in [2.24, 2.45) is 28.6 Å². The molecule has 32 heavy (non-hydrogen) atoms. The van der Waals surface area contributed by atoms with Gasteiger partial charge < -0.3 is 20.4 Å². The van der Waals surface area contributed by atoms with Gasteiger partial charge in [0.15, 0.2) is 17.2 Å². The van der Waals surface area contributed by atoms with Gasteiger partial charge in [-0.25, -0.2) is 4.39 Å². The average molecular weight is 453 g/mol. The highest BCUT2D eigenvalue weighted by atomic mass is 19.1. The number of ketones is 2. The SMILES string of the molecule is CC(=O)O.C[C@H]1C[C@H]2[C@@H]3CCC4=CC(=O)C=C[C@]4(C)[C@@]3(F)[C@@H](O)C[C@]2(C)[C@@]1(O)C(=O)CO. The van der Waals surface area contributed by atoms with E-state index >= 15 is 4.39 Å². The summed E-state index contributed by atoms with van der Waals surface area (Å²) in [4.78, 5) is 33.4. The summed E-state index contributed by atoms with van der Waals surface area (Å²) in [5.74, 6) is -2.95. The molecule has 0 spiro atoms. The second kappa shape index (κ2) is 7.85. The summed E-state index contributed by atoms with van der Waals surface area (Å²) in [5.41, 5.74) is -5.17. The van der Waals surface area contributed by atoms with E-state index < -0.39 is 58.4 Å². The van der Waals surface area contributed by atoms with Crippen LogP contribution in [-0.2, 0) is 14.4 Å². The van der Waals surface area contributed by atoms with Crippen LogP contribution < -0.4 is 0 Å². The number of carbonyl (C=O) groups excluding carboxylic acids is 2. The Bertz CT molecular complexity index is 893. The summed E-state index contributed by atoms with van der Waals surface area (Å²) in [7, 11) is 0. The monoisotopic (exact) mass is 452 g/mol. The maximum atomic E-state index is 16.9. The van der Waals surface area contributed by atoms with Crippen LogP contribution in [0.2, 0.25) is 0 Å². The first-order valence-corrected chi connectivity index (χ1v) is 11.1. The van der Waals surface area contributed by atoms with Crippen molar-refractivity contribution in [2.75, 3.05) is 6.61 Å². The maximum Gasteiger partial charge on any atom is 0.300 e. The molecule has 7 nitrogen and oxygen atoms in total. The normalized spacial score (nSPS) is 46.8. The second-order valence-electron chi connectivity index (χ2n) is 10.3. The summed E-state index contributed by atoms with van der Waals surface area (Å²) in [6, 6.07) is 0. The Balaban J connectivity index is 0.000000668. The molecular weight excluding hydrogens is 419 g/mol. The highest BCUT2D eigenvalue weighted by Gasteiger charge is 2.75. The standard InChI is InChI=1S/C22H29FO5.C2H4O2/c1-12-8-16-15-5-4-13-9-14(25)6-7-19(13,2)21(15,23)17(26)10-20(16,3)22(12,28)18(27)11-24;1-2(3)4/h6-7,9,12,15-17,24,26,28H,4-5,8,10-11H2,1-3H3;1H3,(H,3,4)/t12-,15-,16-,17-,19-,20-,21-,22-;/m0./s1. The Morgan fingerprint density at radius 2 is 1.84 bits per heavy atom. The first-order chi connectivity index (χ1) is 14.7. The van der Waals surface area contributed by atoms with Crippen molar-refractivity contribution >= 4 is 17.5 Å². The fourth-order valence-electron chi connectivity index (χ4n) is 7.26. The summed E-state index contributed by atoms with van der Waals surface area (Å²) in [6.45, 7) is 5.56. The van der Waals surface area contributed by atoms with Crippen molar-refractivity contribution in [1.82, 2.24) is 0 Å². The van der Waals surface area contributed by atoms with Crippen molar-refractivity contribution in [2.45, 2.75) is 70.8 Å². The zero-order chi connectivity index (χ0) is 24.3. The molecule has 3 saturated carbocycles. The zero-order valence-corrected chi connectivity index (χ0v) is 19.0. The molecule has 0 radical (unpaired) electrons. The maximum absolute atomic E-state index is 16.9. The minimum absolute atomic E-state index is 0.0676. The number of alkyl halides is 1. The van der Waals surface area contributed by atoms with Gasteiger partial charge in [-0.3, -0.25) is 14.4 Å². The van der Waals surface area contributed by atoms with E-state index in [0.717, 1.165) is 6.92 Å². The lowest BCUT2D eigenvalue weighted by Gasteiger charge is -2.62. The molecule has 0 aromatic rings. The van der Waals surface area contributed by atoms with Gasteiger partial charge in [0, 0.05) is 23.7 Å². The number of hydrogen-bond acceptors (Lipinski definition) is 6. The van der Waals surface area contributed by atoms with E-state index in [2.05, 4.69) is 0 Å². The molecular formula is C24H33FO7. The number of allylic oxidation sites excluding steroid dienone is 4. The van der Waals surface area contributed by atoms with Gasteiger partial charge in [-0.1, -0.05) is 25.5 Å². The quantitative estimate of drug-likeness (QED) is 0.504. The van der Waals surface area contributed by atoms with Gasteiger partial charge in [0.1, 0.15) is 12.2 Å². The molecule has 0 unspecified atom stereocenters. The lowest BCUT2D eigenvalue weighted by Crippen LogP contribution is -2.69. The zero-order valence-electron chi connectivity index (χ0n) is 19.0. The van der Waals surface area contributed by atoms with Crippen LogP contribution in [0.5, 0.6) is 0 Å². The van der Waals surface area contributed by atoms with Gasteiger partial charge in [0.25, 0.3) is 5.97 Å². The summed E-state index contributed by atoms with van der Waals surface area (Å²) < 4.78 is 16.9. The molecule has 4 aliphatic carbocycles. The number of carboxylic acid groups (broad SMARTS) is 1. The van der Waals surface area contributed by atoms with Gasteiger partial charge in [-0.2, -0.15) is 0 Å². The molecule has 0 aromatic carbocycles. The number of hydrogen-bond donors (Lipinski definition) is 4. The van der Waals surface area contributed by atoms with Crippen LogP contribution in [0.4, 0.5) is 4.39 Å². The van der Waals surface area contributed by atoms with E-state index in [0.29, 0.717) is 24.8 Å². The van der Waals surface area contributed by atoms with E-state index in [1.165, 1.54) is 12.2 Å². The average Bonchev–Trinajstić information content (AvgIpc) is 2.90. The Labute approximate surface area is 187 Å². The largest absolute Gasteiger partial charge is 0.481 e. The van der Waals surface area contributed by atoms with Crippen LogP contribution in [0.15, 0.2) is 23.8 Å². The lowest BCUT2D eigenvalue weighted by atomic mass is 9.44. The van der Waals surface area contributed by atoms with Crippen LogP contribution in [0, 0.1) is 28.6 Å². The number of aliphatic hydroxyl groups is 3. The molecule has 8 heteroatoms. The van der Waals surface area contributed by atoms with E-state index in [4.69, 9.17) is 9.90 Å². The topological polar surface area (TPSA) is 132 Å². The second-order valence-corrected chi connectivity index (χ2v) is 10.3. The van der Waals surface area contributed by atoms with Gasteiger partial charge >= 0.3 is 0 Å². The fourth-order valence-corrected chi connectivity index (χ4v) is 7.26. The predicted octanol–water partition coefficient (Wildman–Crippen LogP) is 1.99. The Kier molecular flexibility index (Phi) is 6.07. The van der Waals surface area contributed by atoms with E-state index in [1.54, 1.807) is 26.8 Å². The fraction of sp³-hybridized carbons (Fsp3) is 0.708. The van der Waals surface area contributed by atoms with Crippen molar-refractivity contribution in [3.8, 4) is 0 Å². The number of carbonyl (C=O) groups is 3. The number of aliphatic hydroxyl groups excluding tert-OH is 2. The van der Waals surface area contributed by atoms with Crippen LogP contribution in [-0.4, -0.2) is 61.9 Å². The Morgan fingerprint density at radius 1 is 1.25 bits per heavy atom. The first-order valence-electron chi connectivity index (χ1n) is 11.1. The molecule has 0 aliphatic heterocycles. The molecule has 178 valence electrons. The first kappa shape index (κ1) is 24.7. The molecule has 8 atom stereocenters. The van der Waals surface area contributed by atoms with Crippen molar-refractivity contribution in [3.63, 3.8) is 0 Å². The van der Waals surface area contributed by atoms with Crippen LogP contribution in [0.3, 0.4) is 0 Å². The highest BCUT2D eigenvalue weighted by Crippen LogP contribution is 2.70. The summed E-state index contributed by atoms with van der Waals surface area (Å²) in [6.07, 6.45) is 4.44. The third-order valence-corrected chi connectivity index (χ3v) is 8.79. The number of rotatable bonds is 2. The number of fused-ring (bicyclic) bond motifs is 5. The Hall–Kier alpha value is -1.90. The van der Waals surface area contributed by atoms with Gasteiger partial charge in [-0.15, -0.1) is 0 Å². The molecule has 4 N–H and O–H groups in total. The highest BCUT2D eigenvalue weighted by molar-refractivity contribution is 6.01. The molecule has 3 fully saturated rings. The molecule has 0 saturated heterocycles. The van der Waals surface area contributed by atoms with Crippen molar-refractivity contribution < 1.29 is 39.2 Å². The molecule has 0 aromatic heterocycles. The number of Topliss-reactive ketones (excluding diaryl/α,β-unsaturated/α-hetero) is 1. The van der Waals surface area contributed by atoms with Gasteiger partial charge in [-0.05, 0) is 56.6 Å². The van der Waals surface area contributed by atoms with Crippen LogP contribution in [0.25, 0.3) is 0 Å². The molecule has 0 bridgehead atoms. The van der Waals surface area contributed by atoms with Gasteiger partial charge in [0.05, 0.1) is 6.10 Å². The van der Waals surface area contributed by atoms with E-state index in [1.807, 2.05) is 0 Å².